The van der Waals surface area contributed by atoms with Crippen LogP contribution in [0.3, 0.4) is 0 Å². The highest BCUT2D eigenvalue weighted by Gasteiger charge is 2.22. The number of benzene rings is 5. The van der Waals surface area contributed by atoms with E-state index in [0.717, 1.165) is 45.2 Å². The van der Waals surface area contributed by atoms with Crippen molar-refractivity contribution in [1.82, 2.24) is 9.55 Å². The van der Waals surface area contributed by atoms with Crippen molar-refractivity contribution in [3.63, 3.8) is 0 Å². The fourth-order valence-electron chi connectivity index (χ4n) is 5.28. The molecule has 3 nitrogen and oxygen atoms in total. The zero-order valence-electron chi connectivity index (χ0n) is 22.7. The van der Waals surface area contributed by atoms with Crippen molar-refractivity contribution in [1.29, 1.82) is 0 Å². The van der Waals surface area contributed by atoms with Crippen LogP contribution in [-0.2, 0) is 7.05 Å². The largest absolute Gasteiger partial charge is 0.292 e. The van der Waals surface area contributed by atoms with Crippen LogP contribution in [-0.4, -0.2) is 9.55 Å². The van der Waals surface area contributed by atoms with Gasteiger partial charge in [-0.1, -0.05) is 127 Å². The maximum atomic E-state index is 5.31. The van der Waals surface area contributed by atoms with Gasteiger partial charge < -0.3 is 0 Å². The van der Waals surface area contributed by atoms with Crippen LogP contribution in [0.25, 0.3) is 62.0 Å². The summed E-state index contributed by atoms with van der Waals surface area (Å²) >= 11 is 1.81. The van der Waals surface area contributed by atoms with Crippen LogP contribution in [0.5, 0.6) is 0 Å². The molecular formula is C37H28N3S+. The van der Waals surface area contributed by atoms with Crippen LogP contribution in [0, 0.1) is 0 Å². The quantitative estimate of drug-likeness (QED) is 0.191. The molecule has 196 valence electrons. The van der Waals surface area contributed by atoms with Crippen molar-refractivity contribution in [3.05, 3.63) is 150 Å². The van der Waals surface area contributed by atoms with Gasteiger partial charge in [0.1, 0.15) is 17.6 Å². The number of aryl methyl sites for hydroxylation is 1. The summed E-state index contributed by atoms with van der Waals surface area (Å²) in [4.78, 5) is 5.31. The van der Waals surface area contributed by atoms with Gasteiger partial charge in [-0.15, -0.1) is 0 Å². The van der Waals surface area contributed by atoms with Gasteiger partial charge in [-0.3, -0.25) is 4.57 Å². The third-order valence-corrected chi connectivity index (χ3v) is 8.53. The number of hydrogen-bond acceptors (Lipinski definition) is 2. The molecular weight excluding hydrogens is 518 g/mol. The second-order valence-corrected chi connectivity index (χ2v) is 11.0. The van der Waals surface area contributed by atoms with Crippen LogP contribution < -0.4 is 4.57 Å². The van der Waals surface area contributed by atoms with Crippen LogP contribution >= 0.6 is 11.3 Å². The standard InChI is InChI=1S/C37H28N3S/c1-39-32-19-11-12-20-33(32)41-34(39)26-23-27-21-24-30(25-22-27)37-38-35(28-13-5-2-6-14-28)36(29-15-7-3-8-16-29)40(37)31-17-9-4-10-18-31/h2-26H,1H3/q+1. The molecule has 7 aromatic rings. The van der Waals surface area contributed by atoms with E-state index < -0.39 is 0 Å². The van der Waals surface area contributed by atoms with Gasteiger partial charge in [-0.05, 0) is 29.8 Å². The van der Waals surface area contributed by atoms with Crippen LogP contribution in [0.1, 0.15) is 10.6 Å². The highest BCUT2D eigenvalue weighted by atomic mass is 32.1. The zero-order chi connectivity index (χ0) is 27.6. The lowest BCUT2D eigenvalue weighted by molar-refractivity contribution is -0.642. The van der Waals surface area contributed by atoms with Crippen molar-refractivity contribution in [2.45, 2.75) is 0 Å². The van der Waals surface area contributed by atoms with Crippen molar-refractivity contribution < 1.29 is 4.57 Å². The van der Waals surface area contributed by atoms with Crippen LogP contribution in [0.4, 0.5) is 0 Å². The van der Waals surface area contributed by atoms with E-state index in [9.17, 15) is 0 Å². The molecule has 0 bridgehead atoms. The Balaban J connectivity index is 1.34. The lowest BCUT2D eigenvalue weighted by atomic mass is 10.0. The zero-order valence-corrected chi connectivity index (χ0v) is 23.5. The second kappa shape index (κ2) is 10.8. The van der Waals surface area contributed by atoms with E-state index in [4.69, 9.17) is 4.98 Å². The smallest absolute Gasteiger partial charge is 0.262 e. The first-order valence-electron chi connectivity index (χ1n) is 13.7. The number of para-hydroxylation sites is 2. The Morgan fingerprint density at radius 3 is 1.90 bits per heavy atom. The number of nitrogens with zero attached hydrogens (tertiary/aromatic N) is 3. The molecule has 4 heteroatoms. The Kier molecular flexibility index (Phi) is 6.59. The average molecular weight is 547 g/mol. The fraction of sp³-hybridized carbons (Fsp3) is 0.0270. The average Bonchev–Trinajstić information content (AvgIpc) is 3.60. The summed E-state index contributed by atoms with van der Waals surface area (Å²) in [7, 11) is 2.12. The second-order valence-electron chi connectivity index (χ2n) is 9.96. The van der Waals surface area contributed by atoms with Gasteiger partial charge in [-0.25, -0.2) is 4.98 Å². The lowest BCUT2D eigenvalue weighted by Gasteiger charge is -2.14. The van der Waals surface area contributed by atoms with Crippen molar-refractivity contribution in [2.24, 2.45) is 7.05 Å². The molecule has 0 N–H and O–H groups in total. The highest BCUT2D eigenvalue weighted by Crippen LogP contribution is 2.38. The molecule has 0 atom stereocenters. The summed E-state index contributed by atoms with van der Waals surface area (Å²) in [5.41, 5.74) is 8.83. The van der Waals surface area contributed by atoms with Gasteiger partial charge in [0.05, 0.1) is 11.4 Å². The molecule has 5 aromatic carbocycles. The van der Waals surface area contributed by atoms with E-state index in [0.29, 0.717) is 0 Å². The summed E-state index contributed by atoms with van der Waals surface area (Å²) in [6.07, 6.45) is 4.38. The third kappa shape index (κ3) is 4.79. The first-order chi connectivity index (χ1) is 20.3. The molecule has 0 amide bonds. The van der Waals surface area contributed by atoms with E-state index in [2.05, 4.69) is 162 Å². The molecule has 0 saturated carbocycles. The van der Waals surface area contributed by atoms with E-state index >= 15 is 0 Å². The number of fused-ring (bicyclic) bond motifs is 1. The van der Waals surface area contributed by atoms with Crippen molar-refractivity contribution in [3.8, 4) is 39.6 Å². The molecule has 2 aromatic heterocycles. The molecule has 0 spiro atoms. The molecule has 41 heavy (non-hydrogen) atoms. The molecule has 0 aliphatic carbocycles. The van der Waals surface area contributed by atoms with Gasteiger partial charge in [0.25, 0.3) is 5.01 Å². The minimum Gasteiger partial charge on any atom is -0.292 e. The predicted octanol–water partition coefficient (Wildman–Crippen LogP) is 9.08. The molecule has 7 rings (SSSR count). The minimum atomic E-state index is 0.917. The van der Waals surface area contributed by atoms with Crippen LogP contribution in [0.2, 0.25) is 0 Å². The third-order valence-electron chi connectivity index (χ3n) is 7.35. The van der Waals surface area contributed by atoms with E-state index in [1.807, 2.05) is 6.07 Å². The molecule has 0 aliphatic rings. The molecule has 0 saturated heterocycles. The van der Waals surface area contributed by atoms with Gasteiger partial charge in [0.15, 0.2) is 0 Å². The molecule has 0 radical (unpaired) electrons. The number of hydrogen-bond donors (Lipinski definition) is 0. The highest BCUT2D eigenvalue weighted by molar-refractivity contribution is 7.18. The Morgan fingerprint density at radius 2 is 1.22 bits per heavy atom. The molecule has 0 aliphatic heterocycles. The maximum absolute atomic E-state index is 5.31. The fourth-order valence-corrected chi connectivity index (χ4v) is 6.33. The topological polar surface area (TPSA) is 21.7 Å². The number of thiazole rings is 1. The lowest BCUT2D eigenvalue weighted by Crippen LogP contribution is -2.28. The van der Waals surface area contributed by atoms with Gasteiger partial charge in [0.2, 0.25) is 5.52 Å². The Hall–Kier alpha value is -5.06. The SMILES string of the molecule is C[n+]1c(/C=C/c2ccc(-c3nc(-c4ccccc4)c(-c4ccccc4)n3-c3ccccc3)cc2)sc2ccccc21. The maximum Gasteiger partial charge on any atom is 0.262 e. The monoisotopic (exact) mass is 546 g/mol. The molecule has 0 unspecified atom stereocenters. The Bertz CT molecular complexity index is 1970. The summed E-state index contributed by atoms with van der Waals surface area (Å²) in [5.74, 6) is 0.917. The number of imidazole rings is 1. The normalized spacial score (nSPS) is 11.4. The Morgan fingerprint density at radius 1 is 0.610 bits per heavy atom. The molecule has 2 heterocycles. The summed E-state index contributed by atoms with van der Waals surface area (Å²) in [6, 6.07) is 48.8. The first-order valence-corrected chi connectivity index (χ1v) is 14.5. The van der Waals surface area contributed by atoms with Crippen molar-refractivity contribution >= 4 is 33.7 Å². The van der Waals surface area contributed by atoms with Crippen LogP contribution in [0.15, 0.2) is 140 Å². The van der Waals surface area contributed by atoms with E-state index in [-0.39, 0.29) is 0 Å². The summed E-state index contributed by atoms with van der Waals surface area (Å²) in [5, 5.41) is 1.22. The summed E-state index contributed by atoms with van der Waals surface area (Å²) in [6.45, 7) is 0. The van der Waals surface area contributed by atoms with Gasteiger partial charge in [-0.2, -0.15) is 4.57 Å². The van der Waals surface area contributed by atoms with E-state index in [1.165, 1.54) is 15.2 Å². The predicted molar refractivity (Wildman–Crippen MR) is 172 cm³/mol. The van der Waals surface area contributed by atoms with Crippen molar-refractivity contribution in [2.75, 3.05) is 0 Å². The van der Waals surface area contributed by atoms with Gasteiger partial charge >= 0.3 is 0 Å². The number of aromatic nitrogens is 3. The van der Waals surface area contributed by atoms with Gasteiger partial charge in [0, 0.05) is 34.5 Å². The summed E-state index contributed by atoms with van der Waals surface area (Å²) < 4.78 is 5.83. The number of rotatable bonds is 6. The Labute approximate surface area is 244 Å². The first kappa shape index (κ1) is 24.9. The van der Waals surface area contributed by atoms with E-state index in [1.54, 1.807) is 11.3 Å². The molecule has 0 fully saturated rings. The minimum absolute atomic E-state index is 0.917.